The first kappa shape index (κ1) is 11.6. The highest BCUT2D eigenvalue weighted by Crippen LogP contribution is 2.30. The van der Waals surface area contributed by atoms with E-state index in [2.05, 4.69) is 0 Å². The minimum Gasteiger partial charge on any atom is -0.493 e. The average Bonchev–Trinajstić information content (AvgIpc) is 2.29. The molecule has 0 saturated heterocycles. The van der Waals surface area contributed by atoms with Gasteiger partial charge in [-0.05, 0) is 13.0 Å². The molecular formula is C12H16O3. The van der Waals surface area contributed by atoms with Gasteiger partial charge in [0.25, 0.3) is 0 Å². The molecule has 0 aliphatic carbocycles. The van der Waals surface area contributed by atoms with Crippen molar-refractivity contribution < 1.29 is 14.6 Å². The summed E-state index contributed by atoms with van der Waals surface area (Å²) >= 11 is 0. The minimum atomic E-state index is -0.0532. The summed E-state index contributed by atoms with van der Waals surface area (Å²) < 4.78 is 10.7. The Morgan fingerprint density at radius 1 is 1.40 bits per heavy atom. The van der Waals surface area contributed by atoms with Crippen LogP contribution in [-0.2, 0) is 6.61 Å². The van der Waals surface area contributed by atoms with Gasteiger partial charge in [0.15, 0.2) is 11.5 Å². The molecule has 3 nitrogen and oxygen atoms in total. The molecule has 0 aliphatic rings. The number of hydrogen-bond donors (Lipinski definition) is 1. The Balaban J connectivity index is 2.89. The summed E-state index contributed by atoms with van der Waals surface area (Å²) in [4.78, 5) is 0. The van der Waals surface area contributed by atoms with Crippen LogP contribution in [0.25, 0.3) is 0 Å². The van der Waals surface area contributed by atoms with E-state index in [4.69, 9.17) is 14.6 Å². The molecule has 1 rings (SSSR count). The highest BCUT2D eigenvalue weighted by molar-refractivity contribution is 5.46. The standard InChI is InChI=1S/C12H16O3/c1-3-4-8-15-12-10(9-13)6-5-7-11(12)14-2/h3-7,13H,8-9H2,1-2H3/b4-3+. The lowest BCUT2D eigenvalue weighted by Gasteiger charge is -2.12. The molecule has 0 fully saturated rings. The quantitative estimate of drug-likeness (QED) is 0.753. The van der Waals surface area contributed by atoms with Crippen LogP contribution in [0, 0.1) is 0 Å². The van der Waals surface area contributed by atoms with Crippen LogP contribution in [-0.4, -0.2) is 18.8 Å². The van der Waals surface area contributed by atoms with Crippen molar-refractivity contribution >= 4 is 0 Å². The highest BCUT2D eigenvalue weighted by atomic mass is 16.5. The second-order valence-electron chi connectivity index (χ2n) is 2.99. The number of benzene rings is 1. The van der Waals surface area contributed by atoms with Crippen LogP contribution in [0.3, 0.4) is 0 Å². The van der Waals surface area contributed by atoms with Crippen LogP contribution in [0.2, 0.25) is 0 Å². The van der Waals surface area contributed by atoms with Crippen molar-refractivity contribution in [3.05, 3.63) is 35.9 Å². The van der Waals surface area contributed by atoms with E-state index in [1.54, 1.807) is 7.11 Å². The maximum atomic E-state index is 9.14. The van der Waals surface area contributed by atoms with Crippen molar-refractivity contribution in [1.29, 1.82) is 0 Å². The maximum absolute atomic E-state index is 9.14. The summed E-state index contributed by atoms with van der Waals surface area (Å²) in [6.45, 7) is 2.35. The summed E-state index contributed by atoms with van der Waals surface area (Å²) in [5, 5.41) is 9.14. The summed E-state index contributed by atoms with van der Waals surface area (Å²) in [7, 11) is 1.58. The first-order chi connectivity index (χ1) is 7.33. The molecule has 1 aromatic carbocycles. The Morgan fingerprint density at radius 2 is 2.20 bits per heavy atom. The lowest BCUT2D eigenvalue weighted by molar-refractivity contribution is 0.264. The second kappa shape index (κ2) is 6.09. The largest absolute Gasteiger partial charge is 0.493 e. The summed E-state index contributed by atoms with van der Waals surface area (Å²) in [6, 6.07) is 5.45. The van der Waals surface area contributed by atoms with E-state index in [-0.39, 0.29) is 6.61 Å². The van der Waals surface area contributed by atoms with Crippen LogP contribution < -0.4 is 9.47 Å². The zero-order valence-corrected chi connectivity index (χ0v) is 9.06. The zero-order valence-electron chi connectivity index (χ0n) is 9.06. The molecule has 82 valence electrons. The molecule has 0 unspecified atom stereocenters. The van der Waals surface area contributed by atoms with Crippen molar-refractivity contribution in [2.45, 2.75) is 13.5 Å². The van der Waals surface area contributed by atoms with E-state index < -0.39 is 0 Å². The average molecular weight is 208 g/mol. The van der Waals surface area contributed by atoms with Gasteiger partial charge in [0, 0.05) is 5.56 Å². The third-order valence-corrected chi connectivity index (χ3v) is 2.01. The number of methoxy groups -OCH3 is 1. The van der Waals surface area contributed by atoms with Crippen LogP contribution in [0.1, 0.15) is 12.5 Å². The molecule has 0 spiro atoms. The summed E-state index contributed by atoms with van der Waals surface area (Å²) in [6.07, 6.45) is 3.81. The van der Waals surface area contributed by atoms with Gasteiger partial charge in [0.05, 0.1) is 13.7 Å². The Bertz CT molecular complexity index is 309. The molecule has 0 bridgehead atoms. The van der Waals surface area contributed by atoms with Crippen molar-refractivity contribution in [2.75, 3.05) is 13.7 Å². The molecule has 0 radical (unpaired) electrons. The fourth-order valence-corrected chi connectivity index (χ4v) is 1.24. The molecule has 0 aliphatic heterocycles. The number of allylic oxidation sites excluding steroid dienone is 1. The first-order valence-corrected chi connectivity index (χ1v) is 4.84. The lowest BCUT2D eigenvalue weighted by atomic mass is 10.2. The third kappa shape index (κ3) is 2.99. The van der Waals surface area contributed by atoms with Crippen molar-refractivity contribution in [3.8, 4) is 11.5 Å². The third-order valence-electron chi connectivity index (χ3n) is 2.01. The SMILES string of the molecule is C/C=C/COc1c(CO)cccc1OC. The molecule has 1 N–H and O–H groups in total. The van der Waals surface area contributed by atoms with E-state index in [0.717, 1.165) is 5.56 Å². The fraction of sp³-hybridized carbons (Fsp3) is 0.333. The van der Waals surface area contributed by atoms with Crippen molar-refractivity contribution in [3.63, 3.8) is 0 Å². The number of para-hydroxylation sites is 1. The van der Waals surface area contributed by atoms with Crippen LogP contribution in [0.5, 0.6) is 11.5 Å². The Morgan fingerprint density at radius 3 is 2.80 bits per heavy atom. The monoisotopic (exact) mass is 208 g/mol. The van der Waals surface area contributed by atoms with Gasteiger partial charge in [-0.25, -0.2) is 0 Å². The molecule has 15 heavy (non-hydrogen) atoms. The van der Waals surface area contributed by atoms with E-state index in [0.29, 0.717) is 18.1 Å². The predicted molar refractivity (Wildman–Crippen MR) is 59.2 cm³/mol. The lowest BCUT2D eigenvalue weighted by Crippen LogP contribution is -2.00. The predicted octanol–water partition coefficient (Wildman–Crippen LogP) is 2.14. The topological polar surface area (TPSA) is 38.7 Å². The molecule has 0 saturated carbocycles. The normalized spacial score (nSPS) is 10.6. The highest BCUT2D eigenvalue weighted by Gasteiger charge is 2.08. The van der Waals surface area contributed by atoms with Crippen molar-refractivity contribution in [2.24, 2.45) is 0 Å². The Hall–Kier alpha value is -1.48. The minimum absolute atomic E-state index is 0.0532. The van der Waals surface area contributed by atoms with E-state index >= 15 is 0 Å². The van der Waals surface area contributed by atoms with Crippen LogP contribution in [0.15, 0.2) is 30.4 Å². The molecule has 0 atom stereocenters. The van der Waals surface area contributed by atoms with Crippen LogP contribution in [0.4, 0.5) is 0 Å². The van der Waals surface area contributed by atoms with E-state index in [1.165, 1.54) is 0 Å². The molecule has 3 heteroatoms. The number of hydrogen-bond acceptors (Lipinski definition) is 3. The zero-order chi connectivity index (χ0) is 11.1. The molecular weight excluding hydrogens is 192 g/mol. The van der Waals surface area contributed by atoms with Gasteiger partial charge in [-0.2, -0.15) is 0 Å². The van der Waals surface area contributed by atoms with E-state index in [9.17, 15) is 0 Å². The number of aliphatic hydroxyl groups excluding tert-OH is 1. The van der Waals surface area contributed by atoms with Crippen LogP contribution >= 0.6 is 0 Å². The molecule has 1 aromatic rings. The van der Waals surface area contributed by atoms with Gasteiger partial charge < -0.3 is 14.6 Å². The smallest absolute Gasteiger partial charge is 0.167 e. The Labute approximate surface area is 90.0 Å². The molecule has 0 aromatic heterocycles. The Kier molecular flexibility index (Phi) is 4.71. The molecule has 0 heterocycles. The summed E-state index contributed by atoms with van der Waals surface area (Å²) in [5.41, 5.74) is 0.735. The van der Waals surface area contributed by atoms with Gasteiger partial charge in [-0.3, -0.25) is 0 Å². The van der Waals surface area contributed by atoms with Gasteiger partial charge in [-0.1, -0.05) is 24.3 Å². The number of aliphatic hydroxyl groups is 1. The summed E-state index contributed by atoms with van der Waals surface area (Å²) in [5.74, 6) is 1.26. The fourth-order valence-electron chi connectivity index (χ4n) is 1.24. The van der Waals surface area contributed by atoms with Gasteiger partial charge in [-0.15, -0.1) is 0 Å². The van der Waals surface area contributed by atoms with Crippen molar-refractivity contribution in [1.82, 2.24) is 0 Å². The number of rotatable bonds is 5. The molecule has 0 amide bonds. The first-order valence-electron chi connectivity index (χ1n) is 4.84. The van der Waals surface area contributed by atoms with E-state index in [1.807, 2.05) is 37.3 Å². The van der Waals surface area contributed by atoms with Gasteiger partial charge >= 0.3 is 0 Å². The van der Waals surface area contributed by atoms with Gasteiger partial charge in [0.2, 0.25) is 0 Å². The van der Waals surface area contributed by atoms with Gasteiger partial charge in [0.1, 0.15) is 6.61 Å². The number of ether oxygens (including phenoxy) is 2. The maximum Gasteiger partial charge on any atom is 0.167 e. The second-order valence-corrected chi connectivity index (χ2v) is 2.99.